The lowest BCUT2D eigenvalue weighted by molar-refractivity contribution is -0.151. The van der Waals surface area contributed by atoms with Crippen LogP contribution in [0.5, 0.6) is 0 Å². The number of amides is 4. The summed E-state index contributed by atoms with van der Waals surface area (Å²) in [6.45, 7) is 9.90. The summed E-state index contributed by atoms with van der Waals surface area (Å²) in [5.41, 5.74) is -1.80. The van der Waals surface area contributed by atoms with Crippen LogP contribution >= 0.6 is 23.2 Å². The standard InChI is InChI=1S/C22H22ClF4N3O3.C17H21F3N2O3.C5H2ClF2N/c1-21(2,3)33-12-17-20(32)30(19-16(24)8-15(23)9-28-19)11-18(31)29(17)10-13-4-6-14(7-5-13)22(25,26)27;1-16(2,3)25-10-13-15(24)21-8-14(23)22(13)9-11-4-6-12(7-5-11)17(18,19)20;6-3-1-4(7)5(8)9-2-3/h4-9,17H,10-12H2,1-3H3;4-7,13H,8-10H2,1-3H3,(H,21,24);1-2H/t;13-;/m.0./s1. The maximum absolute atomic E-state index is 14.4. The molecule has 0 saturated carbocycles. The van der Waals surface area contributed by atoms with E-state index in [2.05, 4.69) is 15.3 Å². The fourth-order valence-corrected chi connectivity index (χ4v) is 6.33. The Morgan fingerprint density at radius 3 is 1.49 bits per heavy atom. The first-order valence-electron chi connectivity index (χ1n) is 20.0. The second kappa shape index (κ2) is 22.1. The summed E-state index contributed by atoms with van der Waals surface area (Å²) in [5, 5.41) is 2.63. The summed E-state index contributed by atoms with van der Waals surface area (Å²) in [6, 6.07) is 8.75. The third-order valence-electron chi connectivity index (χ3n) is 9.38. The van der Waals surface area contributed by atoms with Crippen molar-refractivity contribution in [3.63, 3.8) is 0 Å². The fraction of sp³-hybridized carbons (Fsp3) is 0.409. The Morgan fingerprint density at radius 1 is 0.642 bits per heavy atom. The molecule has 2 aliphatic heterocycles. The first-order valence-corrected chi connectivity index (χ1v) is 20.7. The monoisotopic (exact) mass is 994 g/mol. The van der Waals surface area contributed by atoms with Crippen molar-refractivity contribution in [2.45, 2.75) is 90.3 Å². The molecule has 2 aliphatic rings. The highest BCUT2D eigenvalue weighted by Gasteiger charge is 2.42. The molecule has 2 atom stereocenters. The number of pyridine rings is 2. The zero-order valence-corrected chi connectivity index (χ0v) is 38.2. The van der Waals surface area contributed by atoms with Gasteiger partial charge in [-0.2, -0.15) is 30.7 Å². The maximum atomic E-state index is 14.4. The molecule has 1 N–H and O–H groups in total. The summed E-state index contributed by atoms with van der Waals surface area (Å²) in [6.07, 6.45) is -6.70. The predicted molar refractivity (Wildman–Crippen MR) is 227 cm³/mol. The molecule has 4 aromatic rings. The number of hydrogen-bond donors (Lipinski definition) is 1. The molecule has 2 saturated heterocycles. The van der Waals surface area contributed by atoms with Gasteiger partial charge in [-0.05, 0) is 89.1 Å². The third-order valence-corrected chi connectivity index (χ3v) is 9.79. The maximum Gasteiger partial charge on any atom is 0.416 e. The van der Waals surface area contributed by atoms with Gasteiger partial charge in [-0.3, -0.25) is 24.1 Å². The molecule has 0 radical (unpaired) electrons. The van der Waals surface area contributed by atoms with Gasteiger partial charge in [-0.25, -0.2) is 18.7 Å². The first-order chi connectivity index (χ1) is 30.9. The van der Waals surface area contributed by atoms with Gasteiger partial charge in [0.25, 0.3) is 5.91 Å². The molecule has 67 heavy (non-hydrogen) atoms. The molecule has 4 amide bonds. The largest absolute Gasteiger partial charge is 0.416 e. The highest BCUT2D eigenvalue weighted by atomic mass is 35.5. The normalized spacial score (nSPS) is 17.1. The molecule has 23 heteroatoms. The van der Waals surface area contributed by atoms with Gasteiger partial charge in [0.1, 0.15) is 18.6 Å². The number of aromatic nitrogens is 2. The molecular weight excluding hydrogens is 950 g/mol. The summed E-state index contributed by atoms with van der Waals surface area (Å²) >= 11 is 11.0. The second-order valence-corrected chi connectivity index (χ2v) is 17.7. The van der Waals surface area contributed by atoms with E-state index >= 15 is 0 Å². The summed E-state index contributed by atoms with van der Waals surface area (Å²) in [4.78, 5) is 60.9. The van der Waals surface area contributed by atoms with E-state index in [-0.39, 0.29) is 60.5 Å². The van der Waals surface area contributed by atoms with Crippen molar-refractivity contribution in [3.05, 3.63) is 123 Å². The third kappa shape index (κ3) is 16.1. The number of nitrogens with one attached hydrogen (secondary N) is 1. The molecular formula is C44H45Cl2F9N6O6. The van der Waals surface area contributed by atoms with Crippen LogP contribution in [0.15, 0.2) is 73.1 Å². The van der Waals surface area contributed by atoms with E-state index in [0.717, 1.165) is 53.7 Å². The molecule has 12 nitrogen and oxygen atoms in total. The van der Waals surface area contributed by atoms with Gasteiger partial charge in [-0.1, -0.05) is 47.5 Å². The number of nitrogens with zero attached hydrogens (tertiary/aromatic N) is 5. The Morgan fingerprint density at radius 2 is 1.07 bits per heavy atom. The zero-order chi connectivity index (χ0) is 50.2. The minimum Gasteiger partial charge on any atom is -0.373 e. The number of halogens is 11. The van der Waals surface area contributed by atoms with Crippen LogP contribution in [-0.4, -0.2) is 93.0 Å². The van der Waals surface area contributed by atoms with Gasteiger partial charge in [-0.15, -0.1) is 0 Å². The molecule has 0 bridgehead atoms. The zero-order valence-electron chi connectivity index (χ0n) is 36.7. The smallest absolute Gasteiger partial charge is 0.373 e. The van der Waals surface area contributed by atoms with E-state index in [0.29, 0.717) is 11.1 Å². The topological polar surface area (TPSA) is 134 Å². The summed E-state index contributed by atoms with van der Waals surface area (Å²) in [7, 11) is 0. The first kappa shape index (κ1) is 54.1. The lowest BCUT2D eigenvalue weighted by Crippen LogP contribution is -2.62. The van der Waals surface area contributed by atoms with E-state index in [9.17, 15) is 58.7 Å². The second-order valence-electron chi connectivity index (χ2n) is 16.8. The molecule has 364 valence electrons. The van der Waals surface area contributed by atoms with Crippen LogP contribution in [0.2, 0.25) is 10.0 Å². The van der Waals surface area contributed by atoms with E-state index < -0.39 is 82.7 Å². The van der Waals surface area contributed by atoms with E-state index in [1.807, 2.05) is 20.8 Å². The molecule has 2 aromatic carbocycles. The molecule has 6 rings (SSSR count). The van der Waals surface area contributed by atoms with Gasteiger partial charge in [0.15, 0.2) is 17.5 Å². The molecule has 4 heterocycles. The van der Waals surface area contributed by atoms with Crippen molar-refractivity contribution in [2.75, 3.05) is 31.2 Å². The van der Waals surface area contributed by atoms with E-state index in [1.165, 1.54) is 34.1 Å². The van der Waals surface area contributed by atoms with Crippen molar-refractivity contribution >= 4 is 52.6 Å². The van der Waals surface area contributed by atoms with Crippen molar-refractivity contribution in [1.29, 1.82) is 0 Å². The highest BCUT2D eigenvalue weighted by molar-refractivity contribution is 6.30. The Kier molecular flexibility index (Phi) is 17.8. The number of anilines is 1. The van der Waals surface area contributed by atoms with E-state index in [1.54, 1.807) is 20.8 Å². The van der Waals surface area contributed by atoms with Crippen LogP contribution in [-0.2, 0) is 54.1 Å². The predicted octanol–water partition coefficient (Wildman–Crippen LogP) is 8.81. The van der Waals surface area contributed by atoms with Crippen molar-refractivity contribution in [3.8, 4) is 0 Å². The molecule has 2 fully saturated rings. The Hall–Kier alpha value is -5.51. The molecule has 1 unspecified atom stereocenters. The average Bonchev–Trinajstić information content (AvgIpc) is 3.21. The molecule has 2 aromatic heterocycles. The number of carbonyl (C=O) groups is 4. The van der Waals surface area contributed by atoms with Crippen LogP contribution in [0, 0.1) is 17.6 Å². The summed E-state index contributed by atoms with van der Waals surface area (Å²) < 4.78 is 126. The van der Waals surface area contributed by atoms with Gasteiger partial charge >= 0.3 is 12.4 Å². The van der Waals surface area contributed by atoms with Crippen LogP contribution in [0.4, 0.5) is 45.3 Å². The van der Waals surface area contributed by atoms with Crippen LogP contribution in [0.25, 0.3) is 0 Å². The van der Waals surface area contributed by atoms with Gasteiger partial charge in [0, 0.05) is 25.5 Å². The number of benzene rings is 2. The number of ether oxygens (including phenoxy) is 2. The number of rotatable bonds is 9. The fourth-order valence-electron chi connectivity index (χ4n) is 6.04. The van der Waals surface area contributed by atoms with Gasteiger partial charge in [0.05, 0.1) is 52.1 Å². The lowest BCUT2D eigenvalue weighted by Gasteiger charge is -2.40. The number of piperazine rings is 2. The SMILES string of the molecule is CC(C)(C)OCC1C(=O)N(c2ncc(Cl)cc2F)CC(=O)N1Cc1ccc(C(F)(F)F)cc1.CC(C)(C)OC[C@H]1C(=O)NCC(=O)N1Cc1ccc(C(F)(F)F)cc1.Fc1cc(Cl)cnc1F. The van der Waals surface area contributed by atoms with Gasteiger partial charge < -0.3 is 24.6 Å². The number of carbonyl (C=O) groups excluding carboxylic acids is 4. The van der Waals surface area contributed by atoms with Crippen molar-refractivity contribution in [1.82, 2.24) is 25.1 Å². The molecule has 0 aliphatic carbocycles. The minimum atomic E-state index is -4.49. The minimum absolute atomic E-state index is 0.0156. The Labute approximate surface area is 389 Å². The van der Waals surface area contributed by atoms with Crippen LogP contribution in [0.1, 0.15) is 63.8 Å². The quantitative estimate of drug-likeness (QED) is 0.130. The lowest BCUT2D eigenvalue weighted by atomic mass is 10.1. The molecule has 0 spiro atoms. The Balaban J connectivity index is 0.000000253. The van der Waals surface area contributed by atoms with Crippen LogP contribution in [0.3, 0.4) is 0 Å². The van der Waals surface area contributed by atoms with E-state index in [4.69, 9.17) is 32.7 Å². The van der Waals surface area contributed by atoms with Crippen molar-refractivity contribution < 1.29 is 68.2 Å². The van der Waals surface area contributed by atoms with Crippen LogP contribution < -0.4 is 10.2 Å². The van der Waals surface area contributed by atoms with Gasteiger partial charge in [0.2, 0.25) is 23.7 Å². The van der Waals surface area contributed by atoms with Crippen molar-refractivity contribution in [2.24, 2.45) is 0 Å². The summed E-state index contributed by atoms with van der Waals surface area (Å²) in [5.74, 6) is -5.16. The number of hydrogen-bond acceptors (Lipinski definition) is 8. The number of alkyl halides is 6. The Bertz CT molecular complexity index is 2380. The average molecular weight is 996 g/mol. The highest BCUT2D eigenvalue weighted by Crippen LogP contribution is 2.32.